The second-order valence-electron chi connectivity index (χ2n) is 4.09. The van der Waals surface area contributed by atoms with E-state index in [0.29, 0.717) is 11.4 Å². The highest BCUT2D eigenvalue weighted by atomic mass is 32.1. The molecule has 0 bridgehead atoms. The van der Waals surface area contributed by atoms with E-state index in [1.807, 2.05) is 13.0 Å². The van der Waals surface area contributed by atoms with Crippen molar-refractivity contribution in [1.29, 1.82) is 0 Å². The fraction of sp³-hybridized carbons (Fsp3) is 0.357. The lowest BCUT2D eigenvalue weighted by molar-refractivity contribution is -0.148. The number of aryl methyl sites for hydroxylation is 1. The summed E-state index contributed by atoms with van der Waals surface area (Å²) in [6, 6.07) is 3.61. The van der Waals surface area contributed by atoms with Gasteiger partial charge in [-0.2, -0.15) is 0 Å². The Morgan fingerprint density at radius 1 is 1.35 bits per heavy atom. The first kappa shape index (κ1) is 16.1. The molecular weight excluding hydrogens is 278 g/mol. The van der Waals surface area contributed by atoms with Gasteiger partial charge in [0.15, 0.2) is 12.4 Å². The van der Waals surface area contributed by atoms with Crippen molar-refractivity contribution in [2.75, 3.05) is 13.2 Å². The van der Waals surface area contributed by atoms with Crippen molar-refractivity contribution >= 4 is 29.0 Å². The first-order valence-corrected chi connectivity index (χ1v) is 6.97. The first-order chi connectivity index (χ1) is 9.52. The van der Waals surface area contributed by atoms with Gasteiger partial charge < -0.3 is 10.1 Å². The molecule has 0 aromatic carbocycles. The number of carbonyl (C=O) groups is 3. The molecule has 0 radical (unpaired) electrons. The van der Waals surface area contributed by atoms with Gasteiger partial charge >= 0.3 is 5.97 Å². The number of amides is 1. The van der Waals surface area contributed by atoms with Gasteiger partial charge in [0.1, 0.15) is 0 Å². The van der Waals surface area contributed by atoms with Gasteiger partial charge in [-0.3, -0.25) is 14.4 Å². The van der Waals surface area contributed by atoms with Crippen molar-refractivity contribution in [2.24, 2.45) is 0 Å². The summed E-state index contributed by atoms with van der Waals surface area (Å²) in [5.74, 6) is -1.03. The molecule has 108 valence electrons. The summed E-state index contributed by atoms with van der Waals surface area (Å²) >= 11 is 1.40. The van der Waals surface area contributed by atoms with E-state index in [0.717, 1.165) is 4.88 Å². The van der Waals surface area contributed by atoms with Gasteiger partial charge in [0.2, 0.25) is 0 Å². The number of esters is 1. The molecule has 1 amide bonds. The van der Waals surface area contributed by atoms with Crippen molar-refractivity contribution < 1.29 is 19.1 Å². The van der Waals surface area contributed by atoms with Crippen molar-refractivity contribution in [2.45, 2.75) is 19.8 Å². The van der Waals surface area contributed by atoms with Crippen LogP contribution in [0.5, 0.6) is 0 Å². The monoisotopic (exact) mass is 295 g/mol. The van der Waals surface area contributed by atoms with Crippen LogP contribution in [0.4, 0.5) is 0 Å². The molecule has 1 aromatic heterocycles. The average molecular weight is 295 g/mol. The standard InChI is InChI=1S/C14H17NO4S/c1-3-8-15-13(17)9-19-14(18)7-5-11(16)12-6-4-10(2)20-12/h3-4,6H,1,5,7-9H2,2H3,(H,15,17). The third kappa shape index (κ3) is 5.79. The molecule has 20 heavy (non-hydrogen) atoms. The molecule has 0 atom stereocenters. The van der Waals surface area contributed by atoms with E-state index in [9.17, 15) is 14.4 Å². The number of ether oxygens (including phenoxy) is 1. The molecule has 0 unspecified atom stereocenters. The van der Waals surface area contributed by atoms with Gasteiger partial charge in [-0.15, -0.1) is 17.9 Å². The number of ketones is 1. The molecule has 0 aliphatic rings. The van der Waals surface area contributed by atoms with Crippen LogP contribution in [0.1, 0.15) is 27.4 Å². The Morgan fingerprint density at radius 3 is 2.70 bits per heavy atom. The third-order valence-electron chi connectivity index (χ3n) is 2.38. The highest BCUT2D eigenvalue weighted by Crippen LogP contribution is 2.17. The number of Topliss-reactive ketones (excluding diaryl/α,β-unsaturated/α-hetero) is 1. The van der Waals surface area contributed by atoms with E-state index in [4.69, 9.17) is 4.74 Å². The highest BCUT2D eigenvalue weighted by Gasteiger charge is 2.12. The maximum absolute atomic E-state index is 11.8. The zero-order valence-electron chi connectivity index (χ0n) is 11.3. The average Bonchev–Trinajstić information content (AvgIpc) is 2.86. The quantitative estimate of drug-likeness (QED) is 0.451. The fourth-order valence-electron chi connectivity index (χ4n) is 1.38. The molecule has 0 fully saturated rings. The van der Waals surface area contributed by atoms with Gasteiger partial charge in [-0.05, 0) is 19.1 Å². The topological polar surface area (TPSA) is 72.5 Å². The predicted molar refractivity (Wildman–Crippen MR) is 76.8 cm³/mol. The number of carbonyl (C=O) groups excluding carboxylic acids is 3. The van der Waals surface area contributed by atoms with Crippen LogP contribution >= 0.6 is 11.3 Å². The number of hydrogen-bond donors (Lipinski definition) is 1. The van der Waals surface area contributed by atoms with Crippen LogP contribution in [0.25, 0.3) is 0 Å². The van der Waals surface area contributed by atoms with E-state index in [1.165, 1.54) is 17.4 Å². The molecule has 0 saturated carbocycles. The molecule has 0 aliphatic heterocycles. The van der Waals surface area contributed by atoms with Gasteiger partial charge in [0.25, 0.3) is 5.91 Å². The molecule has 1 aromatic rings. The summed E-state index contributed by atoms with van der Waals surface area (Å²) in [7, 11) is 0. The summed E-state index contributed by atoms with van der Waals surface area (Å²) < 4.78 is 4.76. The Balaban J connectivity index is 2.24. The maximum atomic E-state index is 11.8. The fourth-order valence-corrected chi connectivity index (χ4v) is 2.21. The third-order valence-corrected chi connectivity index (χ3v) is 3.42. The van der Waals surface area contributed by atoms with Crippen LogP contribution < -0.4 is 5.32 Å². The van der Waals surface area contributed by atoms with E-state index >= 15 is 0 Å². The molecular formula is C14H17NO4S. The predicted octanol–water partition coefficient (Wildman–Crippen LogP) is 1.86. The minimum atomic E-state index is -0.555. The minimum Gasteiger partial charge on any atom is -0.456 e. The maximum Gasteiger partial charge on any atom is 0.306 e. The summed E-state index contributed by atoms with van der Waals surface area (Å²) in [4.78, 5) is 36.0. The Hall–Kier alpha value is -1.95. The van der Waals surface area contributed by atoms with Crippen molar-refractivity contribution in [3.05, 3.63) is 34.5 Å². The molecule has 1 rings (SSSR count). The molecule has 0 aliphatic carbocycles. The lowest BCUT2D eigenvalue weighted by Crippen LogP contribution is -2.28. The van der Waals surface area contributed by atoms with Crippen LogP contribution in [-0.4, -0.2) is 30.8 Å². The SMILES string of the molecule is C=CCNC(=O)COC(=O)CCC(=O)c1ccc(C)s1. The number of rotatable bonds is 8. The van der Waals surface area contributed by atoms with Crippen LogP contribution in [0.2, 0.25) is 0 Å². The molecule has 0 spiro atoms. The van der Waals surface area contributed by atoms with Crippen LogP contribution in [0.3, 0.4) is 0 Å². The van der Waals surface area contributed by atoms with Gasteiger partial charge in [-0.1, -0.05) is 6.08 Å². The second-order valence-corrected chi connectivity index (χ2v) is 5.37. The van der Waals surface area contributed by atoms with E-state index in [-0.39, 0.29) is 25.2 Å². The molecule has 6 heteroatoms. The first-order valence-electron chi connectivity index (χ1n) is 6.15. The number of nitrogens with one attached hydrogen (secondary N) is 1. The second kappa shape index (κ2) is 8.27. The Labute approximate surface area is 121 Å². The normalized spacial score (nSPS) is 9.85. The van der Waals surface area contributed by atoms with Crippen molar-refractivity contribution in [3.63, 3.8) is 0 Å². The largest absolute Gasteiger partial charge is 0.456 e. The van der Waals surface area contributed by atoms with E-state index < -0.39 is 11.9 Å². The summed E-state index contributed by atoms with van der Waals surface area (Å²) in [5.41, 5.74) is 0. The Bertz CT molecular complexity index is 507. The zero-order chi connectivity index (χ0) is 15.0. The number of hydrogen-bond acceptors (Lipinski definition) is 5. The zero-order valence-corrected chi connectivity index (χ0v) is 12.1. The minimum absolute atomic E-state index is 0.0233. The van der Waals surface area contributed by atoms with E-state index in [2.05, 4.69) is 11.9 Å². The Kier molecular flexibility index (Phi) is 6.66. The lowest BCUT2D eigenvalue weighted by Gasteiger charge is -2.04. The Morgan fingerprint density at radius 2 is 2.10 bits per heavy atom. The van der Waals surface area contributed by atoms with E-state index in [1.54, 1.807) is 6.07 Å². The summed E-state index contributed by atoms with van der Waals surface area (Å²) in [5, 5.41) is 2.48. The van der Waals surface area contributed by atoms with Crippen LogP contribution in [0.15, 0.2) is 24.8 Å². The van der Waals surface area contributed by atoms with Crippen LogP contribution in [-0.2, 0) is 14.3 Å². The lowest BCUT2D eigenvalue weighted by atomic mass is 10.2. The van der Waals surface area contributed by atoms with Gasteiger partial charge in [0, 0.05) is 17.8 Å². The summed E-state index contributed by atoms with van der Waals surface area (Å²) in [6.45, 7) is 5.35. The number of thiophene rings is 1. The van der Waals surface area contributed by atoms with Crippen molar-refractivity contribution in [1.82, 2.24) is 5.32 Å². The molecule has 1 N–H and O–H groups in total. The van der Waals surface area contributed by atoms with Gasteiger partial charge in [0.05, 0.1) is 11.3 Å². The van der Waals surface area contributed by atoms with Crippen molar-refractivity contribution in [3.8, 4) is 0 Å². The highest BCUT2D eigenvalue weighted by molar-refractivity contribution is 7.14. The molecule has 0 saturated heterocycles. The van der Waals surface area contributed by atoms with Crippen LogP contribution in [0, 0.1) is 6.92 Å². The molecule has 1 heterocycles. The molecule has 5 nitrogen and oxygen atoms in total. The summed E-state index contributed by atoms with van der Waals surface area (Å²) in [6.07, 6.45) is 1.60. The van der Waals surface area contributed by atoms with Gasteiger partial charge in [-0.25, -0.2) is 0 Å². The smallest absolute Gasteiger partial charge is 0.306 e.